The van der Waals surface area contributed by atoms with Gasteiger partial charge in [-0.1, -0.05) is 36.4 Å². The van der Waals surface area contributed by atoms with Crippen LogP contribution in [0.1, 0.15) is 22.3 Å². The number of hydrogen-bond acceptors (Lipinski definition) is 4. The molecule has 0 spiro atoms. The fraction of sp³-hybridized carbons (Fsp3) is 0.200. The average Bonchev–Trinajstić information content (AvgIpc) is 2.51. The predicted octanol–water partition coefficient (Wildman–Crippen LogP) is 1.86. The summed E-state index contributed by atoms with van der Waals surface area (Å²) < 4.78 is 0. The summed E-state index contributed by atoms with van der Waals surface area (Å²) in [4.78, 5) is 44.2. The van der Waals surface area contributed by atoms with E-state index in [2.05, 4.69) is 0 Å². The van der Waals surface area contributed by atoms with Crippen LogP contribution in [0.2, 0.25) is 0 Å². The average molecular weight is 386 g/mol. The molecule has 2 aromatic carbocycles. The molecule has 0 saturated heterocycles. The first kappa shape index (κ1) is 20.6. The van der Waals surface area contributed by atoms with E-state index >= 15 is 0 Å². The number of benzene rings is 2. The highest BCUT2D eigenvalue weighted by atomic mass is 16.4. The van der Waals surface area contributed by atoms with Gasteiger partial charge in [-0.3, -0.25) is 19.2 Å². The molecule has 146 valence electrons. The summed E-state index contributed by atoms with van der Waals surface area (Å²) in [5.74, 6) is -4.32. The lowest BCUT2D eigenvalue weighted by Crippen LogP contribution is -2.06. The molecule has 28 heavy (non-hydrogen) atoms. The molecule has 0 unspecified atom stereocenters. The Morgan fingerprint density at radius 2 is 0.679 bits per heavy atom. The number of rotatable bonds is 9. The van der Waals surface area contributed by atoms with Gasteiger partial charge in [0.1, 0.15) is 0 Å². The SMILES string of the molecule is O=C(O)Cc1cc(CC(=O)O)cc(-c2cc(CC(=O)O)cc(CC(=O)O)c2)c1. The van der Waals surface area contributed by atoms with Crippen molar-refractivity contribution in [1.82, 2.24) is 0 Å². The number of carboxylic acid groups (broad SMARTS) is 4. The van der Waals surface area contributed by atoms with Crippen LogP contribution in [0.3, 0.4) is 0 Å². The Balaban J connectivity index is 2.59. The second-order valence-corrected chi connectivity index (χ2v) is 6.36. The van der Waals surface area contributed by atoms with E-state index in [4.69, 9.17) is 20.4 Å². The van der Waals surface area contributed by atoms with Gasteiger partial charge in [0.25, 0.3) is 0 Å². The van der Waals surface area contributed by atoms with Crippen molar-refractivity contribution in [3.8, 4) is 11.1 Å². The second-order valence-electron chi connectivity index (χ2n) is 6.36. The van der Waals surface area contributed by atoms with Gasteiger partial charge in [-0.2, -0.15) is 0 Å². The smallest absolute Gasteiger partial charge is 0.307 e. The van der Waals surface area contributed by atoms with E-state index in [9.17, 15) is 19.2 Å². The summed E-state index contributed by atoms with van der Waals surface area (Å²) in [6, 6.07) is 9.28. The van der Waals surface area contributed by atoms with Gasteiger partial charge in [-0.15, -0.1) is 0 Å². The van der Waals surface area contributed by atoms with E-state index in [-0.39, 0.29) is 25.7 Å². The van der Waals surface area contributed by atoms with Gasteiger partial charge in [0.2, 0.25) is 0 Å². The maximum atomic E-state index is 11.1. The summed E-state index contributed by atoms with van der Waals surface area (Å²) >= 11 is 0. The zero-order chi connectivity index (χ0) is 20.8. The first-order valence-electron chi connectivity index (χ1n) is 8.25. The fourth-order valence-corrected chi connectivity index (χ4v) is 2.97. The summed E-state index contributed by atoms with van der Waals surface area (Å²) in [5.41, 5.74) is 2.56. The van der Waals surface area contributed by atoms with E-state index in [1.807, 2.05) is 0 Å². The fourth-order valence-electron chi connectivity index (χ4n) is 2.97. The van der Waals surface area contributed by atoms with Crippen LogP contribution in [0.4, 0.5) is 0 Å². The Hall–Kier alpha value is -3.68. The molecule has 0 amide bonds. The van der Waals surface area contributed by atoms with Crippen molar-refractivity contribution in [2.75, 3.05) is 0 Å². The van der Waals surface area contributed by atoms with Crippen LogP contribution >= 0.6 is 0 Å². The summed E-state index contributed by atoms with van der Waals surface area (Å²) in [6.45, 7) is 0. The van der Waals surface area contributed by atoms with E-state index in [1.54, 1.807) is 24.3 Å². The van der Waals surface area contributed by atoms with Gasteiger partial charge in [0.15, 0.2) is 0 Å². The highest BCUT2D eigenvalue weighted by Gasteiger charge is 2.12. The molecule has 0 atom stereocenters. The third-order valence-electron chi connectivity index (χ3n) is 3.86. The zero-order valence-electron chi connectivity index (χ0n) is 14.7. The predicted molar refractivity (Wildman–Crippen MR) is 97.2 cm³/mol. The maximum Gasteiger partial charge on any atom is 0.307 e. The highest BCUT2D eigenvalue weighted by molar-refractivity contribution is 5.78. The summed E-state index contributed by atoms with van der Waals surface area (Å²) in [5, 5.41) is 36.2. The quantitative estimate of drug-likeness (QED) is 0.510. The van der Waals surface area contributed by atoms with Crippen LogP contribution < -0.4 is 0 Å². The lowest BCUT2D eigenvalue weighted by atomic mass is 9.93. The summed E-state index contributed by atoms with van der Waals surface area (Å²) in [7, 11) is 0. The molecule has 0 fully saturated rings. The van der Waals surface area contributed by atoms with Crippen molar-refractivity contribution in [1.29, 1.82) is 0 Å². The molecule has 0 aliphatic heterocycles. The number of aliphatic carboxylic acids is 4. The van der Waals surface area contributed by atoms with Crippen LogP contribution in [0.15, 0.2) is 36.4 Å². The molecular weight excluding hydrogens is 368 g/mol. The number of carbonyl (C=O) groups is 4. The lowest BCUT2D eigenvalue weighted by molar-refractivity contribution is -0.137. The third kappa shape index (κ3) is 6.24. The van der Waals surface area contributed by atoms with Crippen molar-refractivity contribution >= 4 is 23.9 Å². The van der Waals surface area contributed by atoms with Crippen molar-refractivity contribution in [2.24, 2.45) is 0 Å². The Morgan fingerprint density at radius 3 is 0.857 bits per heavy atom. The lowest BCUT2D eigenvalue weighted by Gasteiger charge is -2.11. The van der Waals surface area contributed by atoms with Gasteiger partial charge in [-0.05, 0) is 33.4 Å². The molecule has 0 bridgehead atoms. The molecule has 2 aromatic rings. The second kappa shape index (κ2) is 8.81. The van der Waals surface area contributed by atoms with Gasteiger partial charge in [-0.25, -0.2) is 0 Å². The third-order valence-corrected chi connectivity index (χ3v) is 3.86. The van der Waals surface area contributed by atoms with E-state index in [0.717, 1.165) is 0 Å². The monoisotopic (exact) mass is 386 g/mol. The molecule has 0 aromatic heterocycles. The Labute approximate surface area is 159 Å². The van der Waals surface area contributed by atoms with Crippen molar-refractivity contribution in [3.63, 3.8) is 0 Å². The largest absolute Gasteiger partial charge is 0.481 e. The Morgan fingerprint density at radius 1 is 0.464 bits per heavy atom. The minimum Gasteiger partial charge on any atom is -0.481 e. The summed E-state index contributed by atoms with van der Waals surface area (Å²) in [6.07, 6.45) is -1.23. The topological polar surface area (TPSA) is 149 Å². The van der Waals surface area contributed by atoms with E-state index in [1.165, 1.54) is 12.1 Å². The molecule has 8 heteroatoms. The van der Waals surface area contributed by atoms with Crippen LogP contribution in [0.5, 0.6) is 0 Å². The molecule has 0 heterocycles. The van der Waals surface area contributed by atoms with Crippen molar-refractivity contribution < 1.29 is 39.6 Å². The van der Waals surface area contributed by atoms with E-state index < -0.39 is 23.9 Å². The normalized spacial score (nSPS) is 10.4. The molecule has 4 N–H and O–H groups in total. The van der Waals surface area contributed by atoms with Crippen LogP contribution in [0, 0.1) is 0 Å². The first-order chi connectivity index (χ1) is 13.1. The molecule has 0 saturated carbocycles. The zero-order valence-corrected chi connectivity index (χ0v) is 14.7. The van der Waals surface area contributed by atoms with Crippen LogP contribution in [-0.4, -0.2) is 44.3 Å². The molecule has 8 nitrogen and oxygen atoms in total. The van der Waals surface area contributed by atoms with Gasteiger partial charge < -0.3 is 20.4 Å². The van der Waals surface area contributed by atoms with Crippen LogP contribution in [-0.2, 0) is 44.9 Å². The first-order valence-corrected chi connectivity index (χ1v) is 8.25. The maximum absolute atomic E-state index is 11.1. The standard InChI is InChI=1S/C20H18O8/c21-17(22)7-11-1-12(8-18(23)24)4-15(3-11)16-5-13(9-19(25)26)2-14(6-16)10-20(27)28/h1-6H,7-10H2,(H,21,22)(H,23,24)(H,25,26)(H,27,28). The molecule has 0 aliphatic rings. The minimum atomic E-state index is -1.08. The van der Waals surface area contributed by atoms with Gasteiger partial charge in [0.05, 0.1) is 25.7 Å². The molecule has 2 rings (SSSR count). The minimum absolute atomic E-state index is 0.308. The Bertz CT molecular complexity index is 799. The Kier molecular flexibility index (Phi) is 6.49. The van der Waals surface area contributed by atoms with Crippen LogP contribution in [0.25, 0.3) is 11.1 Å². The molecule has 0 aliphatic carbocycles. The van der Waals surface area contributed by atoms with Crippen molar-refractivity contribution in [3.05, 3.63) is 58.7 Å². The number of carboxylic acids is 4. The van der Waals surface area contributed by atoms with Gasteiger partial charge >= 0.3 is 23.9 Å². The van der Waals surface area contributed by atoms with Gasteiger partial charge in [0, 0.05) is 0 Å². The molecular formula is C20H18O8. The highest BCUT2D eigenvalue weighted by Crippen LogP contribution is 2.26. The van der Waals surface area contributed by atoms with Crippen molar-refractivity contribution in [2.45, 2.75) is 25.7 Å². The number of hydrogen-bond donors (Lipinski definition) is 4. The van der Waals surface area contributed by atoms with E-state index in [0.29, 0.717) is 33.4 Å². The molecule has 0 radical (unpaired) electrons.